The van der Waals surface area contributed by atoms with Crippen LogP contribution in [0.15, 0.2) is 52.9 Å². The first-order chi connectivity index (χ1) is 11.5. The normalized spacial score (nSPS) is 12.0. The van der Waals surface area contributed by atoms with Gasteiger partial charge >= 0.3 is 0 Å². The molecule has 0 bridgehead atoms. The quantitative estimate of drug-likeness (QED) is 0.550. The molecular formula is C17H15N3O4. The number of nitro groups is 1. The Labute approximate surface area is 137 Å². The van der Waals surface area contributed by atoms with Gasteiger partial charge in [-0.25, -0.2) is 0 Å². The molecule has 122 valence electrons. The molecule has 0 aliphatic heterocycles. The second-order valence-corrected chi connectivity index (χ2v) is 5.41. The molecule has 7 heteroatoms. The van der Waals surface area contributed by atoms with Gasteiger partial charge in [0, 0.05) is 17.0 Å². The highest BCUT2D eigenvalue weighted by molar-refractivity contribution is 5.94. The number of primary amides is 1. The van der Waals surface area contributed by atoms with Crippen molar-refractivity contribution in [3.8, 4) is 0 Å². The van der Waals surface area contributed by atoms with E-state index in [1.807, 2.05) is 37.3 Å². The zero-order valence-electron chi connectivity index (χ0n) is 12.9. The number of carbonyl (C=O) groups excluding carboxylic acids is 1. The summed E-state index contributed by atoms with van der Waals surface area (Å²) < 4.78 is 5.76. The predicted octanol–water partition coefficient (Wildman–Crippen LogP) is 3.61. The topological polar surface area (TPSA) is 111 Å². The summed E-state index contributed by atoms with van der Waals surface area (Å²) in [5.41, 5.74) is 6.08. The lowest BCUT2D eigenvalue weighted by Gasteiger charge is -2.13. The van der Waals surface area contributed by atoms with Gasteiger partial charge in [-0.05, 0) is 31.2 Å². The van der Waals surface area contributed by atoms with E-state index < -0.39 is 10.8 Å². The number of fused-ring (bicyclic) bond motifs is 1. The van der Waals surface area contributed by atoms with Crippen LogP contribution in [0.4, 0.5) is 11.4 Å². The smallest absolute Gasteiger partial charge is 0.293 e. The summed E-state index contributed by atoms with van der Waals surface area (Å²) >= 11 is 0. The number of carbonyl (C=O) groups is 1. The van der Waals surface area contributed by atoms with Crippen molar-refractivity contribution in [1.82, 2.24) is 0 Å². The van der Waals surface area contributed by atoms with Crippen molar-refractivity contribution >= 4 is 28.3 Å². The second kappa shape index (κ2) is 6.04. The first-order valence-corrected chi connectivity index (χ1v) is 7.29. The fourth-order valence-corrected chi connectivity index (χ4v) is 2.48. The third-order valence-corrected chi connectivity index (χ3v) is 3.72. The van der Waals surface area contributed by atoms with E-state index in [9.17, 15) is 14.9 Å². The highest BCUT2D eigenvalue weighted by Gasteiger charge is 2.20. The number of benzene rings is 2. The van der Waals surface area contributed by atoms with Crippen LogP contribution in [0.25, 0.3) is 11.0 Å². The van der Waals surface area contributed by atoms with Gasteiger partial charge in [-0.2, -0.15) is 0 Å². The number of nitrogens with one attached hydrogen (secondary N) is 1. The molecule has 3 rings (SSSR count). The Kier molecular flexibility index (Phi) is 3.91. The zero-order chi connectivity index (χ0) is 17.3. The van der Waals surface area contributed by atoms with E-state index in [0.717, 1.165) is 17.0 Å². The van der Waals surface area contributed by atoms with Crippen LogP contribution in [0.3, 0.4) is 0 Å². The Balaban J connectivity index is 1.92. The molecule has 7 nitrogen and oxygen atoms in total. The van der Waals surface area contributed by atoms with Gasteiger partial charge in [0.1, 0.15) is 17.0 Å². The third kappa shape index (κ3) is 2.91. The number of nitrogens with two attached hydrogens (primary N) is 1. The molecule has 1 amide bonds. The van der Waals surface area contributed by atoms with Crippen LogP contribution in [0.2, 0.25) is 0 Å². The SMILES string of the molecule is C[C@H](Nc1ccc(C(N)=O)cc1[N+](=O)[O-])c1cc2ccccc2o1. The van der Waals surface area contributed by atoms with Crippen LogP contribution in [-0.4, -0.2) is 10.8 Å². The summed E-state index contributed by atoms with van der Waals surface area (Å²) in [6.45, 7) is 1.84. The molecule has 1 atom stereocenters. The second-order valence-electron chi connectivity index (χ2n) is 5.41. The van der Waals surface area contributed by atoms with E-state index >= 15 is 0 Å². The molecule has 3 N–H and O–H groups in total. The number of furan rings is 1. The van der Waals surface area contributed by atoms with Crippen LogP contribution in [0, 0.1) is 10.1 Å². The number of para-hydroxylation sites is 1. The average molecular weight is 325 g/mol. The standard InChI is InChI=1S/C17H15N3O4/c1-10(16-9-11-4-2-3-5-15(11)24-16)19-13-7-6-12(17(18)21)8-14(13)20(22)23/h2-10,19H,1H3,(H2,18,21)/t10-/m0/s1. The summed E-state index contributed by atoms with van der Waals surface area (Å²) in [5, 5.41) is 15.3. The molecule has 2 aromatic carbocycles. The van der Waals surface area contributed by atoms with Crippen molar-refractivity contribution in [3.63, 3.8) is 0 Å². The summed E-state index contributed by atoms with van der Waals surface area (Å²) in [7, 11) is 0. The molecule has 0 unspecified atom stereocenters. The average Bonchev–Trinajstić information content (AvgIpc) is 2.99. The number of rotatable bonds is 5. The summed E-state index contributed by atoms with van der Waals surface area (Å²) in [4.78, 5) is 21.9. The van der Waals surface area contributed by atoms with Crippen molar-refractivity contribution in [3.05, 3.63) is 70.0 Å². The number of hydrogen-bond donors (Lipinski definition) is 2. The van der Waals surface area contributed by atoms with Gasteiger partial charge in [0.2, 0.25) is 5.91 Å². The molecule has 1 heterocycles. The molecule has 0 spiro atoms. The Morgan fingerprint density at radius 1 is 1.25 bits per heavy atom. The minimum atomic E-state index is -0.713. The van der Waals surface area contributed by atoms with Gasteiger partial charge in [0.05, 0.1) is 11.0 Å². The van der Waals surface area contributed by atoms with E-state index in [1.165, 1.54) is 12.1 Å². The fraction of sp³-hybridized carbons (Fsp3) is 0.118. The Hall–Kier alpha value is -3.35. The maximum absolute atomic E-state index is 11.2. The van der Waals surface area contributed by atoms with E-state index in [4.69, 9.17) is 10.2 Å². The van der Waals surface area contributed by atoms with Gasteiger partial charge in [-0.3, -0.25) is 14.9 Å². The number of anilines is 1. The highest BCUT2D eigenvalue weighted by atomic mass is 16.6. The third-order valence-electron chi connectivity index (χ3n) is 3.72. The molecule has 0 fully saturated rings. The zero-order valence-corrected chi connectivity index (χ0v) is 12.9. The first-order valence-electron chi connectivity index (χ1n) is 7.29. The largest absolute Gasteiger partial charge is 0.459 e. The summed E-state index contributed by atoms with van der Waals surface area (Å²) in [5.74, 6) is -0.0561. The molecule has 1 aromatic heterocycles. The van der Waals surface area contributed by atoms with Gasteiger partial charge in [-0.1, -0.05) is 18.2 Å². The molecule has 24 heavy (non-hydrogen) atoms. The minimum absolute atomic E-state index is 0.0867. The maximum atomic E-state index is 11.2. The first kappa shape index (κ1) is 15.5. The summed E-state index contributed by atoms with van der Waals surface area (Å²) in [6, 6.07) is 13.2. The Bertz CT molecular complexity index is 899. The Morgan fingerprint density at radius 2 is 2.00 bits per heavy atom. The molecule has 0 saturated carbocycles. The number of nitro benzene ring substituents is 1. The lowest BCUT2D eigenvalue weighted by molar-refractivity contribution is -0.384. The van der Waals surface area contributed by atoms with Gasteiger partial charge < -0.3 is 15.5 Å². The maximum Gasteiger partial charge on any atom is 0.293 e. The van der Waals surface area contributed by atoms with E-state index in [1.54, 1.807) is 0 Å². The monoisotopic (exact) mass is 325 g/mol. The lowest BCUT2D eigenvalue weighted by atomic mass is 10.1. The van der Waals surface area contributed by atoms with Crippen molar-refractivity contribution in [2.45, 2.75) is 13.0 Å². The van der Waals surface area contributed by atoms with Crippen molar-refractivity contribution in [2.75, 3.05) is 5.32 Å². The Morgan fingerprint density at radius 3 is 2.67 bits per heavy atom. The molecule has 0 radical (unpaired) electrons. The number of amides is 1. The number of hydrogen-bond acceptors (Lipinski definition) is 5. The van der Waals surface area contributed by atoms with Crippen LogP contribution in [-0.2, 0) is 0 Å². The van der Waals surface area contributed by atoms with Crippen molar-refractivity contribution < 1.29 is 14.1 Å². The minimum Gasteiger partial charge on any atom is -0.459 e. The van der Waals surface area contributed by atoms with Crippen molar-refractivity contribution in [2.24, 2.45) is 5.73 Å². The van der Waals surface area contributed by atoms with E-state index in [2.05, 4.69) is 5.32 Å². The molecule has 0 aliphatic carbocycles. The number of nitrogens with zero attached hydrogens (tertiary/aromatic N) is 1. The van der Waals surface area contributed by atoms with Crippen LogP contribution < -0.4 is 11.1 Å². The molecule has 0 saturated heterocycles. The van der Waals surface area contributed by atoms with E-state index in [0.29, 0.717) is 5.76 Å². The van der Waals surface area contributed by atoms with E-state index in [-0.39, 0.29) is 23.0 Å². The summed E-state index contributed by atoms with van der Waals surface area (Å²) in [6.07, 6.45) is 0. The van der Waals surface area contributed by atoms with Crippen LogP contribution in [0.1, 0.15) is 29.1 Å². The molecule has 3 aromatic rings. The highest BCUT2D eigenvalue weighted by Crippen LogP contribution is 2.31. The van der Waals surface area contributed by atoms with Crippen LogP contribution >= 0.6 is 0 Å². The molecular weight excluding hydrogens is 310 g/mol. The molecule has 0 aliphatic rings. The predicted molar refractivity (Wildman–Crippen MR) is 89.9 cm³/mol. The van der Waals surface area contributed by atoms with Gasteiger partial charge in [0.25, 0.3) is 5.69 Å². The van der Waals surface area contributed by atoms with Crippen molar-refractivity contribution in [1.29, 1.82) is 0 Å². The lowest BCUT2D eigenvalue weighted by Crippen LogP contribution is -2.12. The van der Waals surface area contributed by atoms with Crippen LogP contribution in [0.5, 0.6) is 0 Å². The van der Waals surface area contributed by atoms with Gasteiger partial charge in [-0.15, -0.1) is 0 Å². The fourth-order valence-electron chi connectivity index (χ4n) is 2.48. The van der Waals surface area contributed by atoms with Gasteiger partial charge in [0.15, 0.2) is 0 Å².